The lowest BCUT2D eigenvalue weighted by Crippen LogP contribution is -2.25. The Hall–Kier alpha value is -0.560. The third-order valence-corrected chi connectivity index (χ3v) is 4.14. The van der Waals surface area contributed by atoms with Crippen molar-refractivity contribution in [2.75, 3.05) is 6.26 Å². The van der Waals surface area contributed by atoms with E-state index in [-0.39, 0.29) is 11.2 Å². The standard InChI is InChI=1S/C8H13NO2S/c1-12(10,11)8-4-2-7(6-9)3-5-8/h7-8H,2-5H2,1H3. The Labute approximate surface area is 73.3 Å². The lowest BCUT2D eigenvalue weighted by molar-refractivity contribution is 0.422. The molecule has 1 fully saturated rings. The SMILES string of the molecule is CS(=O)(=O)C1CCC(C#N)CC1. The third-order valence-electron chi connectivity index (χ3n) is 2.46. The summed E-state index contributed by atoms with van der Waals surface area (Å²) < 4.78 is 22.2. The molecule has 68 valence electrons. The van der Waals surface area contributed by atoms with Gasteiger partial charge in [0.05, 0.1) is 11.3 Å². The number of hydrogen-bond donors (Lipinski definition) is 0. The largest absolute Gasteiger partial charge is 0.229 e. The summed E-state index contributed by atoms with van der Waals surface area (Å²) in [5, 5.41) is 8.39. The van der Waals surface area contributed by atoms with Gasteiger partial charge in [-0.1, -0.05) is 0 Å². The molecule has 1 aliphatic carbocycles. The van der Waals surface area contributed by atoms with Gasteiger partial charge in [0, 0.05) is 12.2 Å². The number of nitriles is 1. The fourth-order valence-corrected chi connectivity index (χ4v) is 2.75. The Morgan fingerprint density at radius 1 is 1.25 bits per heavy atom. The zero-order valence-corrected chi connectivity index (χ0v) is 7.97. The Morgan fingerprint density at radius 2 is 1.75 bits per heavy atom. The highest BCUT2D eigenvalue weighted by Gasteiger charge is 2.27. The lowest BCUT2D eigenvalue weighted by atomic mass is 9.90. The Morgan fingerprint density at radius 3 is 2.08 bits per heavy atom. The first-order chi connectivity index (χ1) is 5.54. The Kier molecular flexibility index (Phi) is 2.73. The van der Waals surface area contributed by atoms with E-state index in [0.29, 0.717) is 12.8 Å². The van der Waals surface area contributed by atoms with Gasteiger partial charge in [0.25, 0.3) is 0 Å². The van der Waals surface area contributed by atoms with Crippen molar-refractivity contribution in [3.05, 3.63) is 0 Å². The topological polar surface area (TPSA) is 57.9 Å². The number of nitrogens with zero attached hydrogens (tertiary/aromatic N) is 1. The fraction of sp³-hybridized carbons (Fsp3) is 0.875. The highest BCUT2D eigenvalue weighted by Crippen LogP contribution is 2.27. The van der Waals surface area contributed by atoms with E-state index in [2.05, 4.69) is 6.07 Å². The smallest absolute Gasteiger partial charge is 0.150 e. The molecule has 0 aromatic rings. The summed E-state index contributed by atoms with van der Waals surface area (Å²) in [5.74, 6) is 0.0861. The number of sulfone groups is 1. The van der Waals surface area contributed by atoms with Crippen LogP contribution in [0.15, 0.2) is 0 Å². The van der Waals surface area contributed by atoms with Crippen LogP contribution in [0.2, 0.25) is 0 Å². The average Bonchev–Trinajstić information content (AvgIpc) is 2.03. The van der Waals surface area contributed by atoms with Crippen LogP contribution < -0.4 is 0 Å². The molecule has 0 unspecified atom stereocenters. The van der Waals surface area contributed by atoms with Crippen LogP contribution in [-0.2, 0) is 9.84 Å². The molecule has 0 aromatic heterocycles. The van der Waals surface area contributed by atoms with Gasteiger partial charge in [0.1, 0.15) is 9.84 Å². The first-order valence-electron chi connectivity index (χ1n) is 4.12. The van der Waals surface area contributed by atoms with Crippen molar-refractivity contribution < 1.29 is 8.42 Å². The summed E-state index contributed by atoms with van der Waals surface area (Å²) >= 11 is 0. The van der Waals surface area contributed by atoms with Crippen LogP contribution in [0.4, 0.5) is 0 Å². The molecule has 1 saturated carbocycles. The Bertz CT molecular complexity index is 281. The van der Waals surface area contributed by atoms with E-state index in [4.69, 9.17) is 5.26 Å². The zero-order chi connectivity index (χ0) is 9.19. The summed E-state index contributed by atoms with van der Waals surface area (Å²) in [6.07, 6.45) is 4.10. The summed E-state index contributed by atoms with van der Waals surface area (Å²) in [4.78, 5) is 0. The zero-order valence-electron chi connectivity index (χ0n) is 7.16. The molecular formula is C8H13NO2S. The molecule has 0 aromatic carbocycles. The van der Waals surface area contributed by atoms with Crippen LogP contribution in [0.3, 0.4) is 0 Å². The predicted molar refractivity (Wildman–Crippen MR) is 46.2 cm³/mol. The number of rotatable bonds is 1. The van der Waals surface area contributed by atoms with Gasteiger partial charge in [-0.15, -0.1) is 0 Å². The summed E-state index contributed by atoms with van der Waals surface area (Å²) in [6, 6.07) is 2.18. The maximum Gasteiger partial charge on any atom is 0.150 e. The summed E-state index contributed by atoms with van der Waals surface area (Å²) in [7, 11) is -2.87. The minimum atomic E-state index is -2.87. The second-order valence-corrected chi connectivity index (χ2v) is 5.76. The summed E-state index contributed by atoms with van der Waals surface area (Å²) in [5.41, 5.74) is 0. The minimum Gasteiger partial charge on any atom is -0.229 e. The normalized spacial score (nSPS) is 31.0. The second-order valence-electron chi connectivity index (χ2n) is 3.43. The highest BCUT2D eigenvalue weighted by atomic mass is 32.2. The van der Waals surface area contributed by atoms with Gasteiger partial charge in [0.2, 0.25) is 0 Å². The van der Waals surface area contributed by atoms with E-state index in [1.165, 1.54) is 6.26 Å². The highest BCUT2D eigenvalue weighted by molar-refractivity contribution is 7.91. The van der Waals surface area contributed by atoms with Crippen LogP contribution in [0.25, 0.3) is 0 Å². The molecule has 3 nitrogen and oxygen atoms in total. The quantitative estimate of drug-likeness (QED) is 0.618. The molecule has 0 heterocycles. The molecular weight excluding hydrogens is 174 g/mol. The molecule has 0 radical (unpaired) electrons. The van der Waals surface area contributed by atoms with Crippen molar-refractivity contribution in [3.63, 3.8) is 0 Å². The first-order valence-corrected chi connectivity index (χ1v) is 6.08. The van der Waals surface area contributed by atoms with E-state index >= 15 is 0 Å². The van der Waals surface area contributed by atoms with Crippen LogP contribution >= 0.6 is 0 Å². The number of hydrogen-bond acceptors (Lipinski definition) is 3. The molecule has 0 amide bonds. The van der Waals surface area contributed by atoms with Crippen molar-refractivity contribution in [2.24, 2.45) is 5.92 Å². The molecule has 0 atom stereocenters. The average molecular weight is 187 g/mol. The molecule has 12 heavy (non-hydrogen) atoms. The van der Waals surface area contributed by atoms with E-state index in [1.807, 2.05) is 0 Å². The maximum absolute atomic E-state index is 11.1. The van der Waals surface area contributed by atoms with Gasteiger partial charge in [-0.2, -0.15) is 5.26 Å². The van der Waals surface area contributed by atoms with E-state index < -0.39 is 9.84 Å². The third kappa shape index (κ3) is 2.21. The van der Waals surface area contributed by atoms with Gasteiger partial charge in [-0.05, 0) is 25.7 Å². The molecule has 0 aliphatic heterocycles. The van der Waals surface area contributed by atoms with Crippen molar-refractivity contribution in [1.29, 1.82) is 5.26 Å². The first kappa shape index (κ1) is 9.53. The van der Waals surface area contributed by atoms with E-state index in [1.54, 1.807) is 0 Å². The van der Waals surface area contributed by atoms with Gasteiger partial charge in [-0.3, -0.25) is 0 Å². The van der Waals surface area contributed by atoms with Crippen LogP contribution in [0.5, 0.6) is 0 Å². The molecule has 0 N–H and O–H groups in total. The maximum atomic E-state index is 11.1. The minimum absolute atomic E-state index is 0.0861. The van der Waals surface area contributed by atoms with E-state index in [0.717, 1.165) is 12.8 Å². The van der Waals surface area contributed by atoms with Gasteiger partial charge in [-0.25, -0.2) is 8.42 Å². The van der Waals surface area contributed by atoms with Crippen molar-refractivity contribution in [2.45, 2.75) is 30.9 Å². The fourth-order valence-electron chi connectivity index (χ4n) is 1.62. The van der Waals surface area contributed by atoms with Gasteiger partial charge in [0.15, 0.2) is 0 Å². The molecule has 1 aliphatic rings. The molecule has 0 spiro atoms. The van der Waals surface area contributed by atoms with Crippen molar-refractivity contribution in [1.82, 2.24) is 0 Å². The monoisotopic (exact) mass is 187 g/mol. The molecule has 0 bridgehead atoms. The van der Waals surface area contributed by atoms with Crippen LogP contribution in [0, 0.1) is 17.2 Å². The molecule has 4 heteroatoms. The van der Waals surface area contributed by atoms with Gasteiger partial charge >= 0.3 is 0 Å². The van der Waals surface area contributed by atoms with E-state index in [9.17, 15) is 8.42 Å². The molecule has 1 rings (SSSR count). The van der Waals surface area contributed by atoms with Crippen molar-refractivity contribution >= 4 is 9.84 Å². The lowest BCUT2D eigenvalue weighted by Gasteiger charge is -2.22. The second kappa shape index (κ2) is 3.44. The van der Waals surface area contributed by atoms with Crippen molar-refractivity contribution in [3.8, 4) is 6.07 Å². The van der Waals surface area contributed by atoms with Gasteiger partial charge < -0.3 is 0 Å². The summed E-state index contributed by atoms with van der Waals surface area (Å²) in [6.45, 7) is 0. The van der Waals surface area contributed by atoms with Crippen LogP contribution in [0.1, 0.15) is 25.7 Å². The Balaban J connectivity index is 2.54. The molecule has 0 saturated heterocycles. The van der Waals surface area contributed by atoms with Crippen LogP contribution in [-0.4, -0.2) is 19.9 Å². The predicted octanol–water partition coefficient (Wildman–Crippen LogP) is 1.11.